The van der Waals surface area contributed by atoms with Crippen LogP contribution in [0.2, 0.25) is 5.02 Å². The summed E-state index contributed by atoms with van der Waals surface area (Å²) in [7, 11) is 0.959. The van der Waals surface area contributed by atoms with Crippen molar-refractivity contribution in [2.45, 2.75) is 18.7 Å². The van der Waals surface area contributed by atoms with E-state index in [2.05, 4.69) is 9.47 Å². The number of halogens is 5. The summed E-state index contributed by atoms with van der Waals surface area (Å²) in [5, 5.41) is 9.33. The first kappa shape index (κ1) is 18.7. The highest BCUT2D eigenvalue weighted by Crippen LogP contribution is 2.37. The van der Waals surface area contributed by atoms with Gasteiger partial charge in [-0.1, -0.05) is 11.6 Å². The van der Waals surface area contributed by atoms with Gasteiger partial charge >= 0.3 is 6.18 Å². The lowest BCUT2D eigenvalue weighted by atomic mass is 9.92. The molecule has 0 heterocycles. The third kappa shape index (κ3) is 3.34. The summed E-state index contributed by atoms with van der Waals surface area (Å²) in [6.45, 7) is -0.0825. The third-order valence-corrected chi connectivity index (χ3v) is 3.15. The minimum atomic E-state index is -5.32. The number of carbonyl (C=O) groups excluding carboxylic acids is 1. The fourth-order valence-electron chi connectivity index (χ4n) is 1.66. The molecule has 1 N–H and O–H groups in total. The summed E-state index contributed by atoms with van der Waals surface area (Å²) < 4.78 is 62.1. The molecule has 1 atom stereocenters. The number of alkyl halides is 3. The van der Waals surface area contributed by atoms with Crippen molar-refractivity contribution in [2.24, 2.45) is 0 Å². The summed E-state index contributed by atoms with van der Waals surface area (Å²) in [5.41, 5.74) is -4.61. The van der Waals surface area contributed by atoms with Crippen molar-refractivity contribution >= 4 is 17.4 Å². The lowest BCUT2D eigenvalue weighted by molar-refractivity contribution is -0.250. The van der Waals surface area contributed by atoms with Gasteiger partial charge in [-0.3, -0.25) is 4.79 Å². The standard InChI is InChI=1S/C13H13ClF4O4/c1-3-22-6-12(20,13(16,17)18)11(19)7-4-5-8(14)9(15)10(7)21-2/h4-5,20H,3,6H2,1-2H3. The Balaban J connectivity index is 3.41. The van der Waals surface area contributed by atoms with Crippen LogP contribution in [0.5, 0.6) is 5.75 Å². The van der Waals surface area contributed by atoms with E-state index >= 15 is 0 Å². The van der Waals surface area contributed by atoms with Crippen molar-refractivity contribution in [1.82, 2.24) is 0 Å². The molecule has 124 valence electrons. The minimum absolute atomic E-state index is 0.155. The van der Waals surface area contributed by atoms with Crippen LogP contribution in [0.15, 0.2) is 12.1 Å². The topological polar surface area (TPSA) is 55.8 Å². The summed E-state index contributed by atoms with van der Waals surface area (Å²) >= 11 is 5.48. The number of hydrogen-bond acceptors (Lipinski definition) is 4. The highest BCUT2D eigenvalue weighted by Gasteiger charge is 2.60. The molecular formula is C13H13ClF4O4. The quantitative estimate of drug-likeness (QED) is 0.636. The molecule has 0 saturated carbocycles. The zero-order chi connectivity index (χ0) is 17.1. The second kappa shape index (κ2) is 6.80. The molecule has 0 aliphatic heterocycles. The van der Waals surface area contributed by atoms with E-state index in [4.69, 9.17) is 11.6 Å². The molecule has 9 heteroatoms. The monoisotopic (exact) mass is 344 g/mol. The lowest BCUT2D eigenvalue weighted by Crippen LogP contribution is -2.55. The predicted molar refractivity (Wildman–Crippen MR) is 69.8 cm³/mol. The van der Waals surface area contributed by atoms with E-state index in [1.54, 1.807) is 0 Å². The van der Waals surface area contributed by atoms with Crippen molar-refractivity contribution in [3.63, 3.8) is 0 Å². The van der Waals surface area contributed by atoms with Gasteiger partial charge in [0.15, 0.2) is 11.6 Å². The van der Waals surface area contributed by atoms with Gasteiger partial charge in [0.1, 0.15) is 0 Å². The second-order valence-corrected chi connectivity index (χ2v) is 4.67. The Bertz CT molecular complexity index is 562. The summed E-state index contributed by atoms with van der Waals surface area (Å²) in [6.07, 6.45) is -5.32. The van der Waals surface area contributed by atoms with Crippen LogP contribution in [-0.2, 0) is 4.74 Å². The molecule has 1 aromatic rings. The van der Waals surface area contributed by atoms with Crippen LogP contribution in [0.1, 0.15) is 17.3 Å². The van der Waals surface area contributed by atoms with Gasteiger partial charge in [0.05, 0.1) is 24.3 Å². The summed E-state index contributed by atoms with van der Waals surface area (Å²) in [4.78, 5) is 12.1. The minimum Gasteiger partial charge on any atom is -0.493 e. The van der Waals surface area contributed by atoms with E-state index < -0.39 is 46.3 Å². The molecule has 1 aromatic carbocycles. The van der Waals surface area contributed by atoms with Crippen molar-refractivity contribution in [2.75, 3.05) is 20.3 Å². The highest BCUT2D eigenvalue weighted by atomic mass is 35.5. The molecule has 0 radical (unpaired) electrons. The molecule has 0 bridgehead atoms. The van der Waals surface area contributed by atoms with E-state index in [9.17, 15) is 27.5 Å². The van der Waals surface area contributed by atoms with Crippen LogP contribution in [0.25, 0.3) is 0 Å². The third-order valence-electron chi connectivity index (χ3n) is 2.86. The Morgan fingerprint density at radius 3 is 2.41 bits per heavy atom. The fourth-order valence-corrected chi connectivity index (χ4v) is 1.81. The van der Waals surface area contributed by atoms with Crippen LogP contribution < -0.4 is 4.74 Å². The van der Waals surface area contributed by atoms with E-state index in [0.717, 1.165) is 19.2 Å². The number of rotatable bonds is 6. The van der Waals surface area contributed by atoms with Crippen molar-refractivity contribution < 1.29 is 36.9 Å². The Hall–Kier alpha value is -1.38. The van der Waals surface area contributed by atoms with Crippen molar-refractivity contribution in [3.8, 4) is 5.75 Å². The zero-order valence-corrected chi connectivity index (χ0v) is 12.4. The van der Waals surface area contributed by atoms with Gasteiger partial charge in [0, 0.05) is 6.61 Å². The second-order valence-electron chi connectivity index (χ2n) is 4.27. The number of carbonyl (C=O) groups is 1. The average molecular weight is 345 g/mol. The van der Waals surface area contributed by atoms with E-state index in [1.807, 2.05) is 0 Å². The van der Waals surface area contributed by atoms with Gasteiger partial charge < -0.3 is 14.6 Å². The maximum Gasteiger partial charge on any atom is 0.427 e. The van der Waals surface area contributed by atoms with Crippen LogP contribution in [0.4, 0.5) is 17.6 Å². The van der Waals surface area contributed by atoms with Gasteiger partial charge in [-0.2, -0.15) is 13.2 Å². The summed E-state index contributed by atoms with van der Waals surface area (Å²) in [6, 6.07) is 1.74. The van der Waals surface area contributed by atoms with E-state index in [-0.39, 0.29) is 6.61 Å². The maximum atomic E-state index is 13.8. The Kier molecular flexibility index (Phi) is 5.77. The Labute approximate surface area is 128 Å². The number of aliphatic hydroxyl groups is 1. The Morgan fingerprint density at radius 2 is 1.95 bits per heavy atom. The SMILES string of the molecule is CCOCC(O)(C(=O)c1ccc(Cl)c(F)c1OC)C(F)(F)F. The van der Waals surface area contributed by atoms with Gasteiger partial charge in [0.2, 0.25) is 11.4 Å². The van der Waals surface area contributed by atoms with Gasteiger partial charge in [-0.25, -0.2) is 4.39 Å². The number of ether oxygens (including phenoxy) is 2. The fraction of sp³-hybridized carbons (Fsp3) is 0.462. The first-order valence-electron chi connectivity index (χ1n) is 6.03. The molecule has 1 rings (SSSR count). The van der Waals surface area contributed by atoms with Crippen molar-refractivity contribution in [3.05, 3.63) is 28.5 Å². The molecule has 0 aliphatic carbocycles. The number of benzene rings is 1. The van der Waals surface area contributed by atoms with Crippen molar-refractivity contribution in [1.29, 1.82) is 0 Å². The van der Waals surface area contributed by atoms with Crippen LogP contribution in [0, 0.1) is 5.82 Å². The smallest absolute Gasteiger partial charge is 0.427 e. The molecule has 1 unspecified atom stereocenters. The van der Waals surface area contributed by atoms with E-state index in [0.29, 0.717) is 0 Å². The molecule has 0 amide bonds. The molecule has 4 nitrogen and oxygen atoms in total. The largest absolute Gasteiger partial charge is 0.493 e. The van der Waals surface area contributed by atoms with Crippen LogP contribution in [0.3, 0.4) is 0 Å². The molecule has 22 heavy (non-hydrogen) atoms. The molecular weight excluding hydrogens is 332 g/mol. The van der Waals surface area contributed by atoms with E-state index in [1.165, 1.54) is 6.92 Å². The Morgan fingerprint density at radius 1 is 1.36 bits per heavy atom. The molecule has 0 fully saturated rings. The zero-order valence-electron chi connectivity index (χ0n) is 11.6. The molecule has 0 saturated heterocycles. The number of Topliss-reactive ketones (excluding diaryl/α,β-unsaturated/α-hetero) is 1. The average Bonchev–Trinajstić information content (AvgIpc) is 2.45. The molecule has 0 aromatic heterocycles. The van der Waals surface area contributed by atoms with Crippen LogP contribution in [-0.4, -0.2) is 43.0 Å². The van der Waals surface area contributed by atoms with Crippen LogP contribution >= 0.6 is 11.6 Å². The number of methoxy groups -OCH3 is 1. The molecule has 0 aliphatic rings. The first-order valence-corrected chi connectivity index (χ1v) is 6.41. The summed E-state index contributed by atoms with van der Waals surface area (Å²) in [5.74, 6) is -3.77. The highest BCUT2D eigenvalue weighted by molar-refractivity contribution is 6.31. The lowest BCUT2D eigenvalue weighted by Gasteiger charge is -2.29. The number of hydrogen-bond donors (Lipinski definition) is 1. The molecule has 0 spiro atoms. The number of ketones is 1. The first-order chi connectivity index (χ1) is 10.1. The normalized spacial score (nSPS) is 14.5. The van der Waals surface area contributed by atoms with Gasteiger partial charge in [-0.15, -0.1) is 0 Å². The van der Waals surface area contributed by atoms with Gasteiger partial charge in [-0.05, 0) is 19.1 Å². The maximum absolute atomic E-state index is 13.8. The van der Waals surface area contributed by atoms with Gasteiger partial charge in [0.25, 0.3) is 0 Å². The predicted octanol–water partition coefficient (Wildman–Crippen LogP) is 3.00.